The minimum absolute atomic E-state index is 0. The maximum atomic E-state index is 11.7. The fourth-order valence-corrected chi connectivity index (χ4v) is 1.71. The number of fused-ring (bicyclic) bond motifs is 1. The Hall–Kier alpha value is -1.34. The van der Waals surface area contributed by atoms with Gasteiger partial charge in [-0.3, -0.25) is 9.78 Å². The molecule has 0 atom stereocenters. The molecule has 7 heteroatoms. The van der Waals surface area contributed by atoms with Crippen LogP contribution in [0.4, 0.5) is 5.95 Å². The average Bonchev–Trinajstić information content (AvgIpc) is 2.86. The number of anilines is 1. The Morgan fingerprint density at radius 1 is 1.21 bits per heavy atom. The SMILES string of the molecule is O=c1[nH]c(NCc2ccccc2)nc2nc[nH]c12.[Tb]. The molecule has 0 aliphatic heterocycles. The van der Waals surface area contributed by atoms with E-state index in [9.17, 15) is 4.79 Å². The maximum Gasteiger partial charge on any atom is 0.278 e. The summed E-state index contributed by atoms with van der Waals surface area (Å²) in [6, 6.07) is 9.88. The summed E-state index contributed by atoms with van der Waals surface area (Å²) < 4.78 is 0. The van der Waals surface area contributed by atoms with Gasteiger partial charge in [0.25, 0.3) is 5.56 Å². The molecule has 0 aliphatic rings. The summed E-state index contributed by atoms with van der Waals surface area (Å²) in [6.45, 7) is 0.597. The number of aromatic nitrogens is 4. The molecule has 0 unspecified atom stereocenters. The molecule has 1 radical (unpaired) electrons. The Morgan fingerprint density at radius 2 is 2.00 bits per heavy atom. The van der Waals surface area contributed by atoms with Gasteiger partial charge < -0.3 is 10.3 Å². The van der Waals surface area contributed by atoms with Crippen molar-refractivity contribution in [3.8, 4) is 0 Å². The molecule has 2 aromatic heterocycles. The number of H-pyrrole nitrogens is 2. The largest absolute Gasteiger partial charge is 0.352 e. The van der Waals surface area contributed by atoms with E-state index >= 15 is 0 Å². The molecule has 0 spiro atoms. The number of nitrogens with one attached hydrogen (secondary N) is 3. The van der Waals surface area contributed by atoms with Crippen LogP contribution in [0.5, 0.6) is 0 Å². The summed E-state index contributed by atoms with van der Waals surface area (Å²) in [5.74, 6) is 0.420. The second-order valence-corrected chi connectivity index (χ2v) is 3.85. The van der Waals surface area contributed by atoms with Crippen molar-refractivity contribution in [2.24, 2.45) is 0 Å². The summed E-state index contributed by atoms with van der Waals surface area (Å²) in [4.78, 5) is 25.2. The minimum atomic E-state index is -0.229. The van der Waals surface area contributed by atoms with Crippen LogP contribution in [0.3, 0.4) is 0 Å². The van der Waals surface area contributed by atoms with Crippen molar-refractivity contribution < 1.29 is 38.6 Å². The van der Waals surface area contributed by atoms with Crippen LogP contribution >= 0.6 is 0 Å². The molecule has 3 N–H and O–H groups in total. The topological polar surface area (TPSA) is 86.5 Å². The quantitative estimate of drug-likeness (QED) is 0.618. The van der Waals surface area contributed by atoms with Gasteiger partial charge >= 0.3 is 0 Å². The normalized spacial score (nSPS) is 10.1. The van der Waals surface area contributed by atoms with Crippen molar-refractivity contribution in [1.29, 1.82) is 0 Å². The van der Waals surface area contributed by atoms with Gasteiger partial charge in [0.05, 0.1) is 6.33 Å². The minimum Gasteiger partial charge on any atom is -0.352 e. The van der Waals surface area contributed by atoms with E-state index < -0.39 is 0 Å². The number of rotatable bonds is 3. The smallest absolute Gasteiger partial charge is 0.278 e. The Bertz CT molecular complexity index is 722. The molecule has 0 aliphatic carbocycles. The zero-order valence-corrected chi connectivity index (χ0v) is 11.9. The van der Waals surface area contributed by atoms with E-state index in [4.69, 9.17) is 0 Å². The first-order chi connectivity index (χ1) is 8.83. The Morgan fingerprint density at radius 3 is 2.79 bits per heavy atom. The Balaban J connectivity index is 0.00000133. The van der Waals surface area contributed by atoms with E-state index in [2.05, 4.69) is 25.3 Å². The molecule has 1 aromatic carbocycles. The molecule has 3 aromatic rings. The van der Waals surface area contributed by atoms with E-state index in [1.54, 1.807) is 0 Å². The van der Waals surface area contributed by atoms with Gasteiger partial charge in [-0.1, -0.05) is 30.3 Å². The molecule has 2 heterocycles. The summed E-state index contributed by atoms with van der Waals surface area (Å²) in [5.41, 5.74) is 1.69. The van der Waals surface area contributed by atoms with Crippen LogP contribution in [0.1, 0.15) is 5.56 Å². The third kappa shape index (κ3) is 3.16. The molecular formula is C12H11N5OTb. The molecule has 0 bridgehead atoms. The van der Waals surface area contributed by atoms with Crippen LogP contribution in [-0.2, 0) is 6.54 Å². The number of imidazole rings is 1. The number of nitrogens with zero attached hydrogens (tertiary/aromatic N) is 2. The van der Waals surface area contributed by atoms with Crippen LogP contribution in [0.2, 0.25) is 0 Å². The second kappa shape index (κ2) is 6.20. The Labute approximate surface area is 139 Å². The second-order valence-electron chi connectivity index (χ2n) is 3.85. The zero-order valence-electron chi connectivity index (χ0n) is 9.81. The van der Waals surface area contributed by atoms with E-state index in [0.29, 0.717) is 23.7 Å². The van der Waals surface area contributed by atoms with Crippen molar-refractivity contribution in [2.45, 2.75) is 6.54 Å². The van der Waals surface area contributed by atoms with E-state index in [1.807, 2.05) is 30.3 Å². The monoisotopic (exact) mass is 400 g/mol. The standard InChI is InChI=1S/C12H11N5O.Tb/c18-11-9-10(15-7-14-9)16-12(17-11)13-6-8-4-2-1-3-5-8;/h1-5,7H,6H2,(H3,13,14,15,16,17,18);. The van der Waals surface area contributed by atoms with Gasteiger partial charge in [-0.25, -0.2) is 4.98 Å². The maximum absolute atomic E-state index is 11.7. The fourth-order valence-electron chi connectivity index (χ4n) is 1.71. The molecule has 99 valence electrons. The number of hydrogen-bond donors (Lipinski definition) is 3. The number of aromatic amines is 2. The van der Waals surface area contributed by atoms with Gasteiger partial charge in [-0.2, -0.15) is 4.98 Å². The van der Waals surface area contributed by atoms with Crippen LogP contribution in [0, 0.1) is 38.6 Å². The molecular weight excluding hydrogens is 389 g/mol. The summed E-state index contributed by atoms with van der Waals surface area (Å²) in [6.07, 6.45) is 1.45. The molecule has 0 fully saturated rings. The van der Waals surface area contributed by atoms with Crippen LogP contribution in [0.25, 0.3) is 11.2 Å². The van der Waals surface area contributed by atoms with Crippen molar-refractivity contribution in [1.82, 2.24) is 19.9 Å². The van der Waals surface area contributed by atoms with Gasteiger partial charge in [-0.05, 0) is 5.56 Å². The Kier molecular flexibility index (Phi) is 4.59. The third-order valence-electron chi connectivity index (χ3n) is 2.60. The molecule has 0 saturated heterocycles. The summed E-state index contributed by atoms with van der Waals surface area (Å²) in [5, 5.41) is 3.06. The van der Waals surface area contributed by atoms with Crippen LogP contribution < -0.4 is 10.9 Å². The molecule has 0 amide bonds. The zero-order chi connectivity index (χ0) is 12.4. The molecule has 3 rings (SSSR count). The fraction of sp³-hybridized carbons (Fsp3) is 0.0833. The molecule has 19 heavy (non-hydrogen) atoms. The van der Waals surface area contributed by atoms with Crippen molar-refractivity contribution in [3.05, 3.63) is 52.6 Å². The predicted octanol–water partition coefficient (Wildman–Crippen LogP) is 1.26. The first kappa shape index (κ1) is 14.1. The van der Waals surface area contributed by atoms with Gasteiger partial charge in [0, 0.05) is 45.2 Å². The molecule has 0 saturated carbocycles. The van der Waals surface area contributed by atoms with Crippen molar-refractivity contribution >= 4 is 17.1 Å². The first-order valence-electron chi connectivity index (χ1n) is 5.54. The van der Waals surface area contributed by atoms with E-state index in [1.165, 1.54) is 6.33 Å². The number of benzene rings is 1. The first-order valence-corrected chi connectivity index (χ1v) is 5.54. The van der Waals surface area contributed by atoms with Crippen LogP contribution in [0.15, 0.2) is 41.5 Å². The molecule has 6 nitrogen and oxygen atoms in total. The van der Waals surface area contributed by atoms with Crippen molar-refractivity contribution in [3.63, 3.8) is 0 Å². The van der Waals surface area contributed by atoms with E-state index in [0.717, 1.165) is 5.56 Å². The van der Waals surface area contributed by atoms with Gasteiger partial charge in [0.2, 0.25) is 5.95 Å². The van der Waals surface area contributed by atoms with Gasteiger partial charge in [0.15, 0.2) is 11.2 Å². The van der Waals surface area contributed by atoms with Crippen LogP contribution in [-0.4, -0.2) is 19.9 Å². The van der Waals surface area contributed by atoms with Gasteiger partial charge in [-0.15, -0.1) is 0 Å². The summed E-state index contributed by atoms with van der Waals surface area (Å²) >= 11 is 0. The third-order valence-corrected chi connectivity index (χ3v) is 2.60. The average molecular weight is 400 g/mol. The van der Waals surface area contributed by atoms with E-state index in [-0.39, 0.29) is 44.2 Å². The summed E-state index contributed by atoms with van der Waals surface area (Å²) in [7, 11) is 0. The van der Waals surface area contributed by atoms with Crippen molar-refractivity contribution in [2.75, 3.05) is 5.32 Å². The predicted molar refractivity (Wildman–Crippen MR) is 68.3 cm³/mol. The van der Waals surface area contributed by atoms with Gasteiger partial charge in [0.1, 0.15) is 0 Å². The number of hydrogen-bond acceptors (Lipinski definition) is 4.